The molecule has 0 spiro atoms. The zero-order chi connectivity index (χ0) is 12.4. The van der Waals surface area contributed by atoms with E-state index in [9.17, 15) is 0 Å². The number of rotatable bonds is 4. The minimum absolute atomic E-state index is 0.256. The summed E-state index contributed by atoms with van der Waals surface area (Å²) < 4.78 is 0. The summed E-state index contributed by atoms with van der Waals surface area (Å²) in [4.78, 5) is 12.6. The molecule has 3 rings (SSSR count). The molecule has 98 valence electrons. The molecule has 1 aromatic heterocycles. The Kier molecular flexibility index (Phi) is 3.50. The molecule has 0 amide bonds. The Balaban J connectivity index is 1.67. The lowest BCUT2D eigenvalue weighted by molar-refractivity contribution is 0.460. The highest BCUT2D eigenvalue weighted by molar-refractivity contribution is 6.28. The quantitative estimate of drug-likeness (QED) is 0.878. The number of hydrogen-bond acceptors (Lipinski definition) is 5. The average Bonchev–Trinajstić information content (AvgIpc) is 3.13. The second-order valence-corrected chi connectivity index (χ2v) is 5.49. The molecular formula is C12H18ClN5. The van der Waals surface area contributed by atoms with Gasteiger partial charge in [-0.05, 0) is 37.3 Å². The Morgan fingerprint density at radius 3 is 1.89 bits per heavy atom. The molecule has 2 aliphatic rings. The highest BCUT2D eigenvalue weighted by Crippen LogP contribution is 2.24. The normalized spacial score (nSPS) is 20.7. The monoisotopic (exact) mass is 267 g/mol. The summed E-state index contributed by atoms with van der Waals surface area (Å²) in [5.41, 5.74) is 0. The second kappa shape index (κ2) is 5.26. The largest absolute Gasteiger partial charge is 0.351 e. The first-order chi connectivity index (χ1) is 8.79. The molecule has 2 fully saturated rings. The van der Waals surface area contributed by atoms with Gasteiger partial charge in [0.1, 0.15) is 0 Å². The van der Waals surface area contributed by atoms with Gasteiger partial charge in [-0.15, -0.1) is 0 Å². The molecule has 0 saturated heterocycles. The second-order valence-electron chi connectivity index (χ2n) is 5.15. The number of hydrogen-bond donors (Lipinski definition) is 2. The van der Waals surface area contributed by atoms with Crippen LogP contribution >= 0.6 is 11.6 Å². The first-order valence-corrected chi connectivity index (χ1v) is 7.12. The molecule has 1 aromatic rings. The number of nitrogens with zero attached hydrogens (tertiary/aromatic N) is 3. The van der Waals surface area contributed by atoms with Gasteiger partial charge in [0.05, 0.1) is 0 Å². The van der Waals surface area contributed by atoms with Gasteiger partial charge in [-0.25, -0.2) is 0 Å². The van der Waals surface area contributed by atoms with Crippen molar-refractivity contribution in [2.24, 2.45) is 0 Å². The van der Waals surface area contributed by atoms with Crippen LogP contribution in [0.3, 0.4) is 0 Å². The number of nitrogens with one attached hydrogen (secondary N) is 2. The van der Waals surface area contributed by atoms with Crippen molar-refractivity contribution in [1.29, 1.82) is 0 Å². The minimum Gasteiger partial charge on any atom is -0.351 e. The van der Waals surface area contributed by atoms with Crippen molar-refractivity contribution in [3.05, 3.63) is 5.28 Å². The Labute approximate surface area is 112 Å². The molecule has 18 heavy (non-hydrogen) atoms. The van der Waals surface area contributed by atoms with E-state index in [1.807, 2.05) is 0 Å². The smallest absolute Gasteiger partial charge is 0.229 e. The van der Waals surface area contributed by atoms with Crippen molar-refractivity contribution < 1.29 is 0 Å². The summed E-state index contributed by atoms with van der Waals surface area (Å²) in [5, 5.41) is 6.87. The molecule has 6 heteroatoms. The van der Waals surface area contributed by atoms with Gasteiger partial charge in [-0.1, -0.05) is 19.3 Å². The molecule has 2 aliphatic carbocycles. The third-order valence-electron chi connectivity index (χ3n) is 3.46. The summed E-state index contributed by atoms with van der Waals surface area (Å²) >= 11 is 5.93. The van der Waals surface area contributed by atoms with Crippen molar-refractivity contribution in [2.45, 2.75) is 57.0 Å². The molecule has 2 N–H and O–H groups in total. The van der Waals surface area contributed by atoms with Crippen molar-refractivity contribution in [1.82, 2.24) is 15.0 Å². The molecule has 0 unspecified atom stereocenters. The fourth-order valence-electron chi connectivity index (χ4n) is 2.32. The highest BCUT2D eigenvalue weighted by atomic mass is 35.5. The fraction of sp³-hybridized carbons (Fsp3) is 0.750. The van der Waals surface area contributed by atoms with Gasteiger partial charge in [0, 0.05) is 12.1 Å². The lowest BCUT2D eigenvalue weighted by atomic mass is 9.96. The fourth-order valence-corrected chi connectivity index (χ4v) is 2.48. The van der Waals surface area contributed by atoms with Crippen LogP contribution in [0.15, 0.2) is 0 Å². The maximum absolute atomic E-state index is 5.93. The third-order valence-corrected chi connectivity index (χ3v) is 3.63. The van der Waals surface area contributed by atoms with E-state index >= 15 is 0 Å². The number of halogens is 1. The van der Waals surface area contributed by atoms with Crippen molar-refractivity contribution in [3.8, 4) is 0 Å². The number of aromatic nitrogens is 3. The summed E-state index contributed by atoms with van der Waals surface area (Å²) in [6, 6.07) is 0.997. The standard InChI is InChI=1S/C12H18ClN5/c13-10-16-11(14-8-4-2-1-3-5-8)18-12(17-10)15-9-6-7-9/h8-9H,1-7H2,(H2,14,15,16,17,18). The molecule has 0 atom stereocenters. The molecule has 0 bridgehead atoms. The molecule has 0 aromatic carbocycles. The summed E-state index contributed by atoms with van der Waals surface area (Å²) in [7, 11) is 0. The first-order valence-electron chi connectivity index (χ1n) is 6.74. The van der Waals surface area contributed by atoms with E-state index in [-0.39, 0.29) is 5.28 Å². The molecule has 2 saturated carbocycles. The van der Waals surface area contributed by atoms with Crippen LogP contribution in [-0.2, 0) is 0 Å². The molecule has 0 aliphatic heterocycles. The van der Waals surface area contributed by atoms with Crippen LogP contribution in [0.2, 0.25) is 5.28 Å². The predicted molar refractivity (Wildman–Crippen MR) is 72.0 cm³/mol. The van der Waals surface area contributed by atoms with E-state index in [4.69, 9.17) is 11.6 Å². The van der Waals surface area contributed by atoms with Gasteiger partial charge >= 0.3 is 0 Å². The maximum Gasteiger partial charge on any atom is 0.229 e. The topological polar surface area (TPSA) is 62.7 Å². The van der Waals surface area contributed by atoms with E-state index < -0.39 is 0 Å². The summed E-state index contributed by atoms with van der Waals surface area (Å²) in [6.07, 6.45) is 8.66. The Hall–Kier alpha value is -1.10. The van der Waals surface area contributed by atoms with Gasteiger partial charge in [-0.2, -0.15) is 15.0 Å². The van der Waals surface area contributed by atoms with Gasteiger partial charge in [0.25, 0.3) is 0 Å². The molecule has 5 nitrogen and oxygen atoms in total. The average molecular weight is 268 g/mol. The predicted octanol–water partition coefficient (Wildman–Crippen LogP) is 2.84. The number of anilines is 2. The van der Waals surface area contributed by atoms with E-state index in [0.29, 0.717) is 24.0 Å². The van der Waals surface area contributed by atoms with Crippen molar-refractivity contribution in [2.75, 3.05) is 10.6 Å². The molecule has 0 radical (unpaired) electrons. The van der Waals surface area contributed by atoms with Gasteiger partial charge in [0.2, 0.25) is 17.2 Å². The van der Waals surface area contributed by atoms with Crippen LogP contribution in [-0.4, -0.2) is 27.0 Å². The van der Waals surface area contributed by atoms with Gasteiger partial charge in [-0.3, -0.25) is 0 Å². The SMILES string of the molecule is Clc1nc(NC2CCCCC2)nc(NC2CC2)n1. The Morgan fingerprint density at radius 1 is 0.778 bits per heavy atom. The lowest BCUT2D eigenvalue weighted by Gasteiger charge is -2.22. The van der Waals surface area contributed by atoms with E-state index in [1.165, 1.54) is 44.9 Å². The van der Waals surface area contributed by atoms with Crippen molar-refractivity contribution >= 4 is 23.5 Å². The van der Waals surface area contributed by atoms with Crippen LogP contribution in [0.5, 0.6) is 0 Å². The van der Waals surface area contributed by atoms with Crippen LogP contribution in [0.1, 0.15) is 44.9 Å². The zero-order valence-electron chi connectivity index (χ0n) is 10.3. The summed E-state index contributed by atoms with van der Waals surface area (Å²) in [6.45, 7) is 0. The van der Waals surface area contributed by atoms with E-state index in [0.717, 1.165) is 0 Å². The van der Waals surface area contributed by atoms with Crippen LogP contribution in [0, 0.1) is 0 Å². The molecular weight excluding hydrogens is 250 g/mol. The van der Waals surface area contributed by atoms with Crippen LogP contribution in [0.25, 0.3) is 0 Å². The third kappa shape index (κ3) is 3.22. The first kappa shape index (κ1) is 12.0. The zero-order valence-corrected chi connectivity index (χ0v) is 11.1. The Morgan fingerprint density at radius 2 is 1.33 bits per heavy atom. The maximum atomic E-state index is 5.93. The van der Waals surface area contributed by atoms with Crippen LogP contribution in [0.4, 0.5) is 11.9 Å². The van der Waals surface area contributed by atoms with E-state index in [2.05, 4.69) is 25.6 Å². The molecule has 1 heterocycles. The van der Waals surface area contributed by atoms with Gasteiger partial charge in [0.15, 0.2) is 0 Å². The lowest BCUT2D eigenvalue weighted by Crippen LogP contribution is -2.24. The summed E-state index contributed by atoms with van der Waals surface area (Å²) in [5.74, 6) is 1.20. The minimum atomic E-state index is 0.256. The van der Waals surface area contributed by atoms with Crippen molar-refractivity contribution in [3.63, 3.8) is 0 Å². The van der Waals surface area contributed by atoms with Crippen LogP contribution < -0.4 is 10.6 Å². The Bertz CT molecular complexity index is 415. The highest BCUT2D eigenvalue weighted by Gasteiger charge is 2.23. The van der Waals surface area contributed by atoms with Gasteiger partial charge < -0.3 is 10.6 Å². The van der Waals surface area contributed by atoms with E-state index in [1.54, 1.807) is 0 Å².